The van der Waals surface area contributed by atoms with E-state index < -0.39 is 12.1 Å². The summed E-state index contributed by atoms with van der Waals surface area (Å²) in [5.41, 5.74) is 0. The van der Waals surface area contributed by atoms with Gasteiger partial charge in [0, 0.05) is 6.42 Å². The molecule has 0 fully saturated rings. The summed E-state index contributed by atoms with van der Waals surface area (Å²) >= 11 is 0. The fourth-order valence-corrected chi connectivity index (χ4v) is 10.5. The number of unbranched alkanes of at least 4 members (excludes halogenated alkanes) is 52. The van der Waals surface area contributed by atoms with E-state index in [1.807, 2.05) is 6.08 Å². The SMILES string of the molecule is CCCCCCCCCCCCCCCCCCCCCCCC/C=C/CC/C=C/C(O)C(CO)NC(=O)CCCCCCCCCCCCCCCCCCCCCCCCCCCCCCCC. The summed E-state index contributed by atoms with van der Waals surface area (Å²) < 4.78 is 0. The molecule has 0 rings (SSSR count). The van der Waals surface area contributed by atoms with Crippen LogP contribution in [0, 0.1) is 0 Å². The fourth-order valence-electron chi connectivity index (χ4n) is 10.5. The van der Waals surface area contributed by atoms with Gasteiger partial charge in [-0.05, 0) is 32.1 Å². The molecule has 4 heteroatoms. The molecular formula is C66H129NO3. The smallest absolute Gasteiger partial charge is 0.220 e. The second-order valence-corrected chi connectivity index (χ2v) is 22.5. The third-order valence-electron chi connectivity index (χ3n) is 15.4. The van der Waals surface area contributed by atoms with Crippen LogP contribution in [0.5, 0.6) is 0 Å². The van der Waals surface area contributed by atoms with Gasteiger partial charge < -0.3 is 15.5 Å². The highest BCUT2D eigenvalue weighted by Crippen LogP contribution is 2.19. The van der Waals surface area contributed by atoms with E-state index in [4.69, 9.17) is 0 Å². The van der Waals surface area contributed by atoms with Crippen LogP contribution in [0.3, 0.4) is 0 Å². The van der Waals surface area contributed by atoms with Gasteiger partial charge >= 0.3 is 0 Å². The minimum Gasteiger partial charge on any atom is -0.394 e. The molecule has 70 heavy (non-hydrogen) atoms. The number of rotatable bonds is 61. The van der Waals surface area contributed by atoms with Gasteiger partial charge in [-0.15, -0.1) is 0 Å². The summed E-state index contributed by atoms with van der Waals surface area (Å²) in [5, 5.41) is 23.2. The Morgan fingerprint density at radius 2 is 0.557 bits per heavy atom. The van der Waals surface area contributed by atoms with Crippen LogP contribution in [0.25, 0.3) is 0 Å². The van der Waals surface area contributed by atoms with E-state index in [2.05, 4.69) is 31.3 Å². The van der Waals surface area contributed by atoms with Crippen LogP contribution in [0.1, 0.15) is 373 Å². The van der Waals surface area contributed by atoms with Gasteiger partial charge in [-0.3, -0.25) is 4.79 Å². The number of hydrogen-bond donors (Lipinski definition) is 3. The predicted molar refractivity (Wildman–Crippen MR) is 313 cm³/mol. The summed E-state index contributed by atoms with van der Waals surface area (Å²) in [5.74, 6) is -0.0648. The van der Waals surface area contributed by atoms with E-state index in [1.54, 1.807) is 6.08 Å². The van der Waals surface area contributed by atoms with E-state index >= 15 is 0 Å². The summed E-state index contributed by atoms with van der Waals surface area (Å²) in [6.07, 6.45) is 83.9. The maximum absolute atomic E-state index is 12.5. The highest BCUT2D eigenvalue weighted by Gasteiger charge is 2.18. The zero-order chi connectivity index (χ0) is 50.6. The zero-order valence-electron chi connectivity index (χ0n) is 48.1. The van der Waals surface area contributed by atoms with E-state index in [-0.39, 0.29) is 12.5 Å². The molecule has 0 heterocycles. The molecular weight excluding hydrogens is 855 g/mol. The Kier molecular flexibility index (Phi) is 61.2. The minimum atomic E-state index is -0.861. The molecule has 0 aromatic heterocycles. The second kappa shape index (κ2) is 62.2. The van der Waals surface area contributed by atoms with Crippen molar-refractivity contribution in [3.8, 4) is 0 Å². The van der Waals surface area contributed by atoms with Crippen molar-refractivity contribution < 1.29 is 15.0 Å². The van der Waals surface area contributed by atoms with Gasteiger partial charge in [0.25, 0.3) is 0 Å². The number of carbonyl (C=O) groups is 1. The first kappa shape index (κ1) is 68.9. The lowest BCUT2D eigenvalue weighted by atomic mass is 10.0. The van der Waals surface area contributed by atoms with Crippen LogP contribution in [-0.4, -0.2) is 34.9 Å². The quantitative estimate of drug-likeness (QED) is 0.0420. The fraction of sp³-hybridized carbons (Fsp3) is 0.924. The molecule has 0 aliphatic rings. The topological polar surface area (TPSA) is 69.6 Å². The van der Waals surface area contributed by atoms with Crippen molar-refractivity contribution in [2.75, 3.05) is 6.61 Å². The highest BCUT2D eigenvalue weighted by molar-refractivity contribution is 5.76. The molecule has 0 aromatic rings. The van der Waals surface area contributed by atoms with E-state index in [1.165, 1.54) is 321 Å². The number of hydrogen-bond acceptors (Lipinski definition) is 3. The Morgan fingerprint density at radius 1 is 0.329 bits per heavy atom. The number of aliphatic hydroxyl groups excluding tert-OH is 2. The molecule has 1 amide bonds. The van der Waals surface area contributed by atoms with Crippen LogP contribution >= 0.6 is 0 Å². The number of aliphatic hydroxyl groups is 2. The van der Waals surface area contributed by atoms with Crippen LogP contribution in [0.2, 0.25) is 0 Å². The van der Waals surface area contributed by atoms with Gasteiger partial charge in [0.1, 0.15) is 0 Å². The van der Waals surface area contributed by atoms with Gasteiger partial charge in [0.15, 0.2) is 0 Å². The molecule has 0 saturated heterocycles. The van der Waals surface area contributed by atoms with Crippen LogP contribution in [0.4, 0.5) is 0 Å². The largest absolute Gasteiger partial charge is 0.394 e. The summed E-state index contributed by atoms with van der Waals surface area (Å²) in [4.78, 5) is 12.5. The molecule has 0 aromatic carbocycles. The summed E-state index contributed by atoms with van der Waals surface area (Å²) in [6, 6.07) is -0.637. The first-order chi connectivity index (χ1) is 34.7. The average molecular weight is 985 g/mol. The van der Waals surface area contributed by atoms with E-state index in [9.17, 15) is 15.0 Å². The second-order valence-electron chi connectivity index (χ2n) is 22.5. The molecule has 0 aliphatic carbocycles. The Hall–Kier alpha value is -1.13. The number of carbonyl (C=O) groups excluding carboxylic acids is 1. The Bertz CT molecular complexity index is 1020. The summed E-state index contributed by atoms with van der Waals surface area (Å²) in [6.45, 7) is 4.35. The Labute approximate surface area is 440 Å². The van der Waals surface area contributed by atoms with Gasteiger partial charge in [-0.1, -0.05) is 359 Å². The van der Waals surface area contributed by atoms with Crippen molar-refractivity contribution in [3.05, 3.63) is 24.3 Å². The lowest BCUT2D eigenvalue weighted by molar-refractivity contribution is -0.123. The molecule has 2 atom stereocenters. The average Bonchev–Trinajstić information content (AvgIpc) is 3.36. The Balaban J connectivity index is 3.45. The van der Waals surface area contributed by atoms with Crippen molar-refractivity contribution in [1.82, 2.24) is 5.32 Å². The Morgan fingerprint density at radius 3 is 0.829 bits per heavy atom. The van der Waals surface area contributed by atoms with Crippen LogP contribution in [-0.2, 0) is 4.79 Å². The molecule has 0 aliphatic heterocycles. The first-order valence-corrected chi connectivity index (χ1v) is 32.6. The maximum atomic E-state index is 12.5. The number of amides is 1. The molecule has 0 bridgehead atoms. The van der Waals surface area contributed by atoms with Gasteiger partial charge in [0.2, 0.25) is 5.91 Å². The number of allylic oxidation sites excluding steroid dienone is 3. The lowest BCUT2D eigenvalue weighted by Crippen LogP contribution is -2.45. The van der Waals surface area contributed by atoms with E-state index in [0.29, 0.717) is 6.42 Å². The molecule has 2 unspecified atom stereocenters. The van der Waals surface area contributed by atoms with Crippen LogP contribution < -0.4 is 5.32 Å². The highest BCUT2D eigenvalue weighted by atomic mass is 16.3. The lowest BCUT2D eigenvalue weighted by Gasteiger charge is -2.19. The molecule has 3 N–H and O–H groups in total. The normalized spacial score (nSPS) is 12.8. The van der Waals surface area contributed by atoms with Crippen molar-refractivity contribution in [1.29, 1.82) is 0 Å². The molecule has 0 spiro atoms. The maximum Gasteiger partial charge on any atom is 0.220 e. The van der Waals surface area contributed by atoms with Gasteiger partial charge in [0.05, 0.1) is 18.8 Å². The molecule has 4 nitrogen and oxygen atoms in total. The first-order valence-electron chi connectivity index (χ1n) is 32.6. The monoisotopic (exact) mass is 984 g/mol. The minimum absolute atomic E-state index is 0.0648. The van der Waals surface area contributed by atoms with Crippen molar-refractivity contribution in [2.45, 2.75) is 386 Å². The predicted octanol–water partition coefficient (Wildman–Crippen LogP) is 21.8. The van der Waals surface area contributed by atoms with Crippen molar-refractivity contribution in [3.63, 3.8) is 0 Å². The van der Waals surface area contributed by atoms with Crippen molar-refractivity contribution in [2.24, 2.45) is 0 Å². The van der Waals surface area contributed by atoms with E-state index in [0.717, 1.165) is 32.1 Å². The van der Waals surface area contributed by atoms with Gasteiger partial charge in [-0.25, -0.2) is 0 Å². The van der Waals surface area contributed by atoms with Gasteiger partial charge in [-0.2, -0.15) is 0 Å². The molecule has 416 valence electrons. The standard InChI is InChI=1S/C66H129NO3/c1-3-5-7-9-11-13-15-17-19-21-23-25-27-29-31-33-34-36-38-40-42-44-46-48-50-52-54-56-58-60-62-66(70)67-64(63-68)65(69)61-59-57-55-53-51-49-47-45-43-41-39-37-35-32-30-28-26-24-22-20-18-16-14-12-10-8-6-4-2/h51,53,59,61,64-65,68-69H,3-50,52,54-58,60,62-63H2,1-2H3,(H,67,70)/b53-51+,61-59+. The molecule has 0 saturated carbocycles. The zero-order valence-corrected chi connectivity index (χ0v) is 48.1. The van der Waals surface area contributed by atoms with Crippen molar-refractivity contribution >= 4 is 5.91 Å². The number of nitrogens with one attached hydrogen (secondary N) is 1. The van der Waals surface area contributed by atoms with Crippen LogP contribution in [0.15, 0.2) is 24.3 Å². The summed E-state index contributed by atoms with van der Waals surface area (Å²) in [7, 11) is 0. The molecule has 0 radical (unpaired) electrons. The third-order valence-corrected chi connectivity index (χ3v) is 15.4. The third kappa shape index (κ3) is 57.8.